The van der Waals surface area contributed by atoms with Crippen LogP contribution in [-0.4, -0.2) is 16.0 Å². The molecule has 88 valence electrons. The zero-order chi connectivity index (χ0) is 12.3. The van der Waals surface area contributed by atoms with E-state index in [-0.39, 0.29) is 11.7 Å². The lowest BCUT2D eigenvalue weighted by Gasteiger charge is -2.28. The van der Waals surface area contributed by atoms with Gasteiger partial charge in [0, 0.05) is 22.9 Å². The average molecular weight is 245 g/mol. The predicted molar refractivity (Wildman–Crippen MR) is 61.3 cm³/mol. The van der Waals surface area contributed by atoms with E-state index in [1.165, 1.54) is 28.8 Å². The van der Waals surface area contributed by atoms with Gasteiger partial charge in [-0.15, -0.1) is 4.53 Å². The monoisotopic (exact) mass is 244 g/mol. The smallest absolute Gasteiger partial charge is 0.266 e. The predicted octanol–water partition coefficient (Wildman–Crippen LogP) is 2.72. The molecule has 0 saturated heterocycles. The standard InChI is InChI=1S/C11H14ClFN2O/c1-11(2,3)15(12)14-10(16)8-4-6-9(13)7-5-8/h4-7H,1-3H3,(H,14,16). The largest absolute Gasteiger partial charge is 0.270 e. The number of carbonyl (C=O) groups excluding carboxylic acids is 1. The molecule has 1 N–H and O–H groups in total. The van der Waals surface area contributed by atoms with Gasteiger partial charge in [-0.1, -0.05) is 0 Å². The van der Waals surface area contributed by atoms with E-state index in [1.807, 2.05) is 20.8 Å². The molecule has 0 bridgehead atoms. The number of hydrogen-bond donors (Lipinski definition) is 1. The number of hydrazine groups is 1. The van der Waals surface area contributed by atoms with Crippen LogP contribution in [0, 0.1) is 5.82 Å². The molecule has 1 aromatic rings. The third-order valence-electron chi connectivity index (χ3n) is 1.90. The normalized spacial score (nSPS) is 11.6. The van der Waals surface area contributed by atoms with Gasteiger partial charge in [0.25, 0.3) is 5.91 Å². The first-order chi connectivity index (χ1) is 7.30. The second kappa shape index (κ2) is 4.80. The molecule has 5 heteroatoms. The second-order valence-electron chi connectivity index (χ2n) is 4.40. The van der Waals surface area contributed by atoms with Crippen LogP contribution in [0.1, 0.15) is 31.1 Å². The fraction of sp³-hybridized carbons (Fsp3) is 0.364. The Labute approximate surface area is 99.3 Å². The highest BCUT2D eigenvalue weighted by atomic mass is 35.5. The molecule has 1 aromatic carbocycles. The summed E-state index contributed by atoms with van der Waals surface area (Å²) >= 11 is 5.86. The number of nitrogens with one attached hydrogen (secondary N) is 1. The molecule has 0 unspecified atom stereocenters. The second-order valence-corrected chi connectivity index (χ2v) is 4.74. The molecule has 0 saturated carbocycles. The fourth-order valence-electron chi connectivity index (χ4n) is 0.923. The van der Waals surface area contributed by atoms with E-state index in [9.17, 15) is 9.18 Å². The van der Waals surface area contributed by atoms with Gasteiger partial charge in [-0.2, -0.15) is 0 Å². The minimum absolute atomic E-state index is 0.358. The van der Waals surface area contributed by atoms with Crippen molar-refractivity contribution >= 4 is 17.7 Å². The Morgan fingerprint density at radius 3 is 2.25 bits per heavy atom. The van der Waals surface area contributed by atoms with Crippen molar-refractivity contribution in [1.82, 2.24) is 9.95 Å². The van der Waals surface area contributed by atoms with Crippen molar-refractivity contribution in [3.05, 3.63) is 35.6 Å². The van der Waals surface area contributed by atoms with E-state index in [0.717, 1.165) is 0 Å². The molecule has 0 radical (unpaired) electrons. The molecule has 0 spiro atoms. The summed E-state index contributed by atoms with van der Waals surface area (Å²) in [6.07, 6.45) is 0. The van der Waals surface area contributed by atoms with Crippen LogP contribution in [0.2, 0.25) is 0 Å². The Morgan fingerprint density at radius 1 is 1.31 bits per heavy atom. The lowest BCUT2D eigenvalue weighted by molar-refractivity contribution is 0.0806. The number of rotatable bonds is 2. The quantitative estimate of drug-likeness (QED) is 0.641. The molecule has 1 rings (SSSR count). The Hall–Kier alpha value is -1.13. The van der Waals surface area contributed by atoms with E-state index in [4.69, 9.17) is 11.8 Å². The van der Waals surface area contributed by atoms with Crippen LogP contribution >= 0.6 is 11.8 Å². The van der Waals surface area contributed by atoms with Crippen molar-refractivity contribution in [2.24, 2.45) is 0 Å². The summed E-state index contributed by atoms with van der Waals surface area (Å²) in [5.74, 6) is -0.750. The summed E-state index contributed by atoms with van der Waals surface area (Å²) < 4.78 is 13.8. The van der Waals surface area contributed by atoms with Gasteiger partial charge >= 0.3 is 0 Å². The van der Waals surface area contributed by atoms with Crippen LogP contribution in [-0.2, 0) is 0 Å². The number of hydrogen-bond acceptors (Lipinski definition) is 2. The maximum Gasteiger partial charge on any atom is 0.266 e. The van der Waals surface area contributed by atoms with Crippen LogP contribution in [0.3, 0.4) is 0 Å². The van der Waals surface area contributed by atoms with Crippen molar-refractivity contribution in [3.63, 3.8) is 0 Å². The molecule has 0 aliphatic rings. The number of carbonyl (C=O) groups is 1. The summed E-state index contributed by atoms with van der Waals surface area (Å²) in [6, 6.07) is 5.26. The van der Waals surface area contributed by atoms with Crippen LogP contribution in [0.4, 0.5) is 4.39 Å². The van der Waals surface area contributed by atoms with Gasteiger partial charge in [0.05, 0.1) is 0 Å². The van der Waals surface area contributed by atoms with Crippen LogP contribution in [0.25, 0.3) is 0 Å². The average Bonchev–Trinajstić information content (AvgIpc) is 2.17. The molecule has 0 aliphatic carbocycles. The van der Waals surface area contributed by atoms with E-state index >= 15 is 0 Å². The van der Waals surface area contributed by atoms with Crippen LogP contribution < -0.4 is 5.43 Å². The Morgan fingerprint density at radius 2 is 1.81 bits per heavy atom. The molecule has 1 amide bonds. The summed E-state index contributed by atoms with van der Waals surface area (Å²) in [6.45, 7) is 5.56. The van der Waals surface area contributed by atoms with Crippen LogP contribution in [0.15, 0.2) is 24.3 Å². The molecular formula is C11H14ClFN2O. The van der Waals surface area contributed by atoms with Gasteiger partial charge in [-0.25, -0.2) is 4.39 Å². The van der Waals surface area contributed by atoms with Gasteiger partial charge in [-0.3, -0.25) is 10.2 Å². The van der Waals surface area contributed by atoms with E-state index in [2.05, 4.69) is 5.43 Å². The lowest BCUT2D eigenvalue weighted by Crippen LogP contribution is -2.46. The first-order valence-corrected chi connectivity index (χ1v) is 5.17. The zero-order valence-electron chi connectivity index (χ0n) is 9.42. The number of benzene rings is 1. The van der Waals surface area contributed by atoms with Crippen molar-refractivity contribution in [2.75, 3.05) is 0 Å². The van der Waals surface area contributed by atoms with Gasteiger partial charge in [0.15, 0.2) is 0 Å². The number of nitrogens with zero attached hydrogens (tertiary/aromatic N) is 1. The zero-order valence-corrected chi connectivity index (χ0v) is 10.2. The van der Waals surface area contributed by atoms with E-state index in [0.29, 0.717) is 5.56 Å². The van der Waals surface area contributed by atoms with Crippen molar-refractivity contribution in [3.8, 4) is 0 Å². The number of halogens is 2. The summed E-state index contributed by atoms with van der Waals surface area (Å²) in [4.78, 5) is 11.7. The maximum absolute atomic E-state index is 12.6. The fourth-order valence-corrected chi connectivity index (χ4v) is 0.999. The van der Waals surface area contributed by atoms with Crippen molar-refractivity contribution < 1.29 is 9.18 Å². The van der Waals surface area contributed by atoms with E-state index in [1.54, 1.807) is 0 Å². The summed E-state index contributed by atoms with van der Waals surface area (Å²) in [5, 5.41) is 0. The molecule has 0 atom stereocenters. The lowest BCUT2D eigenvalue weighted by atomic mass is 10.1. The Kier molecular flexibility index (Phi) is 3.88. The molecule has 0 heterocycles. The summed E-state index contributed by atoms with van der Waals surface area (Å²) in [5.41, 5.74) is 2.46. The first-order valence-electron chi connectivity index (χ1n) is 4.83. The Bertz CT molecular complexity index is 373. The molecule has 0 aliphatic heterocycles. The molecule has 3 nitrogen and oxygen atoms in total. The van der Waals surface area contributed by atoms with Gasteiger partial charge in [0.2, 0.25) is 0 Å². The highest BCUT2D eigenvalue weighted by Gasteiger charge is 2.21. The van der Waals surface area contributed by atoms with Crippen molar-refractivity contribution in [2.45, 2.75) is 26.3 Å². The molecule has 0 fully saturated rings. The summed E-state index contributed by atoms with van der Waals surface area (Å²) in [7, 11) is 0. The third-order valence-corrected chi connectivity index (χ3v) is 2.49. The van der Waals surface area contributed by atoms with E-state index < -0.39 is 5.54 Å². The highest BCUT2D eigenvalue weighted by Crippen LogP contribution is 2.13. The molecular weight excluding hydrogens is 231 g/mol. The number of amides is 1. The third kappa shape index (κ3) is 3.47. The highest BCUT2D eigenvalue weighted by molar-refractivity contribution is 6.14. The van der Waals surface area contributed by atoms with Crippen LogP contribution in [0.5, 0.6) is 0 Å². The Balaban J connectivity index is 2.70. The molecule has 16 heavy (non-hydrogen) atoms. The minimum Gasteiger partial charge on any atom is -0.270 e. The topological polar surface area (TPSA) is 32.3 Å². The molecule has 0 aromatic heterocycles. The minimum atomic E-state index is -0.392. The SMILES string of the molecule is CC(C)(C)N(Cl)NC(=O)c1ccc(F)cc1. The van der Waals surface area contributed by atoms with Gasteiger partial charge < -0.3 is 0 Å². The maximum atomic E-state index is 12.6. The van der Waals surface area contributed by atoms with Gasteiger partial charge in [-0.05, 0) is 45.0 Å². The first kappa shape index (κ1) is 12.9. The van der Waals surface area contributed by atoms with Gasteiger partial charge in [0.1, 0.15) is 5.82 Å². The van der Waals surface area contributed by atoms with Crippen molar-refractivity contribution in [1.29, 1.82) is 0 Å².